The number of rotatable bonds is 3. The molecule has 0 aromatic heterocycles. The Balaban J connectivity index is 2.02. The van der Waals surface area contributed by atoms with Crippen LogP contribution in [0.4, 0.5) is 0 Å². The van der Waals surface area contributed by atoms with Crippen LogP contribution in [0.2, 0.25) is 0 Å². The molecule has 2 N–H and O–H groups in total. The van der Waals surface area contributed by atoms with Crippen LogP contribution >= 0.6 is 47.8 Å². The summed E-state index contributed by atoms with van der Waals surface area (Å²) in [5.41, 5.74) is -2.00. The number of aliphatic hydroxyl groups excluding tert-OH is 1. The van der Waals surface area contributed by atoms with Crippen molar-refractivity contribution in [2.75, 3.05) is 7.11 Å². The Morgan fingerprint density at radius 2 is 1.76 bits per heavy atom. The van der Waals surface area contributed by atoms with E-state index in [-0.39, 0.29) is 11.1 Å². The first-order chi connectivity index (χ1) is 13.5. The summed E-state index contributed by atoms with van der Waals surface area (Å²) in [7, 11) is 1.13. The number of hydrogen-bond acceptors (Lipinski definition) is 8. The van der Waals surface area contributed by atoms with Gasteiger partial charge in [0.15, 0.2) is 0 Å². The number of benzene rings is 1. The number of aliphatic hydroxyl groups is 2. The molecule has 0 unspecified atom stereocenters. The van der Waals surface area contributed by atoms with E-state index in [1.807, 2.05) is 0 Å². The predicted octanol–water partition coefficient (Wildman–Crippen LogP) is 2.47. The molecule has 2 aliphatic rings. The van der Waals surface area contributed by atoms with Gasteiger partial charge in [-0.15, -0.1) is 0 Å². The fourth-order valence-electron chi connectivity index (χ4n) is 3.64. The molecule has 0 saturated heterocycles. The van der Waals surface area contributed by atoms with Gasteiger partial charge in [0.2, 0.25) is 0 Å². The Morgan fingerprint density at radius 1 is 1.17 bits per heavy atom. The van der Waals surface area contributed by atoms with Crippen LogP contribution in [0.25, 0.3) is 0 Å². The first-order valence-electron chi connectivity index (χ1n) is 8.25. The van der Waals surface area contributed by atoms with Gasteiger partial charge in [-0.25, -0.2) is 9.59 Å². The van der Waals surface area contributed by atoms with Gasteiger partial charge in [-0.1, -0.05) is 15.9 Å². The third-order valence-corrected chi connectivity index (χ3v) is 6.75. The predicted molar refractivity (Wildman–Crippen MR) is 109 cm³/mol. The topological polar surface area (TPSA) is 119 Å². The number of esters is 3. The smallest absolute Gasteiger partial charge is 0.340 e. The number of hydrogen-bond donors (Lipinski definition) is 2. The highest BCUT2D eigenvalue weighted by atomic mass is 79.9. The molecule has 1 aromatic rings. The zero-order valence-corrected chi connectivity index (χ0v) is 19.8. The van der Waals surface area contributed by atoms with Crippen LogP contribution in [0.15, 0.2) is 37.4 Å². The minimum absolute atomic E-state index is 0.124. The molecule has 0 amide bonds. The minimum Gasteiger partial charge on any atom is -0.466 e. The summed E-state index contributed by atoms with van der Waals surface area (Å²) in [6.07, 6.45) is -2.16. The molecule has 0 bridgehead atoms. The van der Waals surface area contributed by atoms with Gasteiger partial charge in [-0.3, -0.25) is 4.79 Å². The van der Waals surface area contributed by atoms with Crippen LogP contribution in [0.3, 0.4) is 0 Å². The van der Waals surface area contributed by atoms with E-state index in [2.05, 4.69) is 47.8 Å². The molecule has 1 fully saturated rings. The Morgan fingerprint density at radius 3 is 2.31 bits per heavy atom. The maximum absolute atomic E-state index is 12.9. The standard InChI is InChI=1S/C18H15Br3O8/c1-18(26)12-10(7(15(23)27-2)5-28-17(12)25)13(14(18)22)29-16(24)11-8(20)3-6(19)4-9(11)21/h3-5,10,12-14,22,26H,1-2H3/t10-,12-,13+,14+,18-/m1/s1. The summed E-state index contributed by atoms with van der Waals surface area (Å²) in [6.45, 7) is 1.22. The van der Waals surface area contributed by atoms with Crippen molar-refractivity contribution in [2.45, 2.75) is 24.7 Å². The van der Waals surface area contributed by atoms with Crippen molar-refractivity contribution in [3.63, 3.8) is 0 Å². The number of halogens is 3. The Hall–Kier alpha value is -1.27. The van der Waals surface area contributed by atoms with Crippen molar-refractivity contribution < 1.29 is 38.8 Å². The molecule has 8 nitrogen and oxygen atoms in total. The molecule has 156 valence electrons. The zero-order chi connectivity index (χ0) is 21.7. The van der Waals surface area contributed by atoms with Crippen molar-refractivity contribution in [3.8, 4) is 0 Å². The molecule has 0 spiro atoms. The lowest BCUT2D eigenvalue weighted by Crippen LogP contribution is -2.46. The SMILES string of the molecule is COC(=O)C1=COC(=O)[C@H]2[C@@H]1[C@H](OC(=O)c1c(Br)cc(Br)cc1Br)[C@H](O)[C@]2(C)O. The lowest BCUT2D eigenvalue weighted by molar-refractivity contribution is -0.158. The average molecular weight is 599 g/mol. The highest BCUT2D eigenvalue weighted by molar-refractivity contribution is 9.11. The van der Waals surface area contributed by atoms with Crippen LogP contribution in [-0.2, 0) is 23.8 Å². The van der Waals surface area contributed by atoms with Crippen LogP contribution in [0.1, 0.15) is 17.3 Å². The molecule has 1 aromatic carbocycles. The Kier molecular flexibility index (Phi) is 6.26. The molecular weight excluding hydrogens is 584 g/mol. The quantitative estimate of drug-likeness (QED) is 0.402. The van der Waals surface area contributed by atoms with Gasteiger partial charge in [0.1, 0.15) is 24.1 Å². The van der Waals surface area contributed by atoms with Gasteiger partial charge in [0, 0.05) is 13.4 Å². The zero-order valence-electron chi connectivity index (χ0n) is 15.0. The molecule has 29 heavy (non-hydrogen) atoms. The maximum Gasteiger partial charge on any atom is 0.340 e. The number of fused-ring (bicyclic) bond motifs is 1. The van der Waals surface area contributed by atoms with Crippen molar-refractivity contribution >= 4 is 65.7 Å². The molecule has 1 heterocycles. The van der Waals surface area contributed by atoms with Crippen molar-refractivity contribution in [1.82, 2.24) is 0 Å². The molecule has 5 atom stereocenters. The maximum atomic E-state index is 12.9. The van der Waals surface area contributed by atoms with Crippen molar-refractivity contribution in [2.24, 2.45) is 11.8 Å². The second kappa shape index (κ2) is 8.10. The normalized spacial score (nSPS) is 30.9. The van der Waals surface area contributed by atoms with E-state index in [4.69, 9.17) is 14.2 Å². The summed E-state index contributed by atoms with van der Waals surface area (Å²) in [5, 5.41) is 21.4. The van der Waals surface area contributed by atoms with Gasteiger partial charge >= 0.3 is 17.9 Å². The average Bonchev–Trinajstić information content (AvgIpc) is 2.82. The second-order valence-corrected chi connectivity index (χ2v) is 9.41. The summed E-state index contributed by atoms with van der Waals surface area (Å²) in [6, 6.07) is 3.26. The highest BCUT2D eigenvalue weighted by Crippen LogP contribution is 2.48. The van der Waals surface area contributed by atoms with E-state index >= 15 is 0 Å². The highest BCUT2D eigenvalue weighted by Gasteiger charge is 2.65. The fraction of sp³-hybridized carbons (Fsp3) is 0.389. The van der Waals surface area contributed by atoms with E-state index in [1.165, 1.54) is 6.92 Å². The molecule has 1 aliphatic carbocycles. The van der Waals surface area contributed by atoms with E-state index in [9.17, 15) is 24.6 Å². The van der Waals surface area contributed by atoms with E-state index in [1.54, 1.807) is 12.1 Å². The first kappa shape index (κ1) is 22.4. The van der Waals surface area contributed by atoms with Gasteiger partial charge in [-0.2, -0.15) is 0 Å². The second-order valence-electron chi connectivity index (χ2n) is 6.79. The van der Waals surface area contributed by atoms with Crippen LogP contribution < -0.4 is 0 Å². The lowest BCUT2D eigenvalue weighted by atomic mass is 9.81. The Bertz CT molecular complexity index is 903. The third kappa shape index (κ3) is 3.78. The molecule has 11 heteroatoms. The molecule has 3 rings (SSSR count). The van der Waals surface area contributed by atoms with Gasteiger partial charge in [0.05, 0.1) is 30.1 Å². The van der Waals surface area contributed by atoms with E-state index < -0.39 is 47.6 Å². The van der Waals surface area contributed by atoms with Gasteiger partial charge < -0.3 is 24.4 Å². The summed E-state index contributed by atoms with van der Waals surface area (Å²) in [5.74, 6) is -4.99. The minimum atomic E-state index is -2.01. The number of carbonyl (C=O) groups excluding carboxylic acids is 3. The molecule has 1 aliphatic heterocycles. The van der Waals surface area contributed by atoms with Crippen LogP contribution in [0, 0.1) is 11.8 Å². The summed E-state index contributed by atoms with van der Waals surface area (Å²) in [4.78, 5) is 37.3. The van der Waals surface area contributed by atoms with Gasteiger partial charge in [0.25, 0.3) is 0 Å². The molecular formula is C18H15Br3O8. The van der Waals surface area contributed by atoms with E-state index in [0.717, 1.165) is 13.4 Å². The fourth-order valence-corrected chi connectivity index (χ4v) is 6.22. The lowest BCUT2D eigenvalue weighted by Gasteiger charge is -2.30. The molecule has 1 saturated carbocycles. The van der Waals surface area contributed by atoms with Crippen molar-refractivity contribution in [3.05, 3.63) is 42.9 Å². The Labute approximate surface area is 190 Å². The number of carbonyl (C=O) groups is 3. The van der Waals surface area contributed by atoms with E-state index in [0.29, 0.717) is 13.4 Å². The number of ether oxygens (including phenoxy) is 3. The van der Waals surface area contributed by atoms with Crippen LogP contribution in [0.5, 0.6) is 0 Å². The molecule has 0 radical (unpaired) electrons. The number of methoxy groups -OCH3 is 1. The van der Waals surface area contributed by atoms with Crippen molar-refractivity contribution in [1.29, 1.82) is 0 Å². The largest absolute Gasteiger partial charge is 0.466 e. The number of cyclic esters (lactones) is 1. The van der Waals surface area contributed by atoms with Crippen LogP contribution in [-0.4, -0.2) is 53.0 Å². The third-order valence-electron chi connectivity index (χ3n) is 5.04. The van der Waals surface area contributed by atoms with Gasteiger partial charge in [-0.05, 0) is 50.9 Å². The summed E-state index contributed by atoms with van der Waals surface area (Å²) < 4.78 is 16.6. The first-order valence-corrected chi connectivity index (χ1v) is 10.6. The monoisotopic (exact) mass is 596 g/mol. The summed E-state index contributed by atoms with van der Waals surface area (Å²) >= 11 is 9.85.